The van der Waals surface area contributed by atoms with Gasteiger partial charge in [0.2, 0.25) is 0 Å². The Bertz CT molecular complexity index is 4170. The lowest BCUT2D eigenvalue weighted by Crippen LogP contribution is -2.34. The molecule has 7 fully saturated rings. The molecular formula is C72H67Br5Cl6IN9O4. The van der Waals surface area contributed by atoms with Gasteiger partial charge in [0.25, 0.3) is 0 Å². The molecule has 1 saturated heterocycles. The Kier molecular flexibility index (Phi) is 25.5. The van der Waals surface area contributed by atoms with Gasteiger partial charge in [-0.3, -0.25) is 9.48 Å². The average Bonchev–Trinajstić information content (AvgIpc) is 1.56. The molecule has 2 N–H and O–H groups in total. The Balaban J connectivity index is 0.000000121. The van der Waals surface area contributed by atoms with E-state index in [-0.39, 0.29) is 34.6 Å². The van der Waals surface area contributed by atoms with Crippen molar-refractivity contribution in [1.29, 1.82) is 0 Å². The third kappa shape index (κ3) is 20.1. The first-order valence-electron chi connectivity index (χ1n) is 31.8. The van der Waals surface area contributed by atoms with E-state index in [2.05, 4.69) is 169 Å². The smallest absolute Gasteiger partial charge is 0.167 e. The van der Waals surface area contributed by atoms with Crippen LogP contribution in [-0.2, 0) is 46.6 Å². The number of benzene rings is 6. The molecule has 1 aliphatic heterocycles. The van der Waals surface area contributed by atoms with Crippen LogP contribution in [0, 0.1) is 50.9 Å². The fourth-order valence-corrected chi connectivity index (χ4v) is 16.5. The number of epoxide rings is 1. The fourth-order valence-electron chi connectivity index (χ4n) is 11.9. The Morgan fingerprint density at radius 1 is 0.536 bits per heavy atom. The predicted octanol–water partition coefficient (Wildman–Crippen LogP) is 21.2. The van der Waals surface area contributed by atoms with Gasteiger partial charge in [-0.15, -0.1) is 0 Å². The number of carbonyl (C=O) groups is 1. The molecule has 508 valence electrons. The van der Waals surface area contributed by atoms with Crippen LogP contribution in [0.5, 0.6) is 0 Å². The zero-order valence-corrected chi connectivity index (χ0v) is 67.0. The average molecular weight is 1860 g/mol. The molecule has 4 heterocycles. The number of rotatable bonds is 16. The van der Waals surface area contributed by atoms with Gasteiger partial charge in [-0.1, -0.05) is 192 Å². The van der Waals surface area contributed by atoms with Gasteiger partial charge in [0, 0.05) is 91.1 Å². The molecule has 4 unspecified atom stereocenters. The van der Waals surface area contributed by atoms with E-state index in [1.807, 2.05) is 83.5 Å². The highest BCUT2D eigenvalue weighted by atomic mass is 127. The normalized spacial score (nSPS) is 19.2. The van der Waals surface area contributed by atoms with Crippen molar-refractivity contribution in [3.63, 3.8) is 0 Å². The lowest BCUT2D eigenvalue weighted by atomic mass is 9.77. The Hall–Kier alpha value is -3.28. The summed E-state index contributed by atoms with van der Waals surface area (Å²) >= 11 is 56.2. The minimum atomic E-state index is -1.01. The number of halogens is 12. The summed E-state index contributed by atoms with van der Waals surface area (Å²) < 4.78 is 16.8. The van der Waals surface area contributed by atoms with E-state index in [0.29, 0.717) is 51.5 Å². The maximum atomic E-state index is 11.6. The topological polar surface area (TPSA) is 162 Å². The molecular weight excluding hydrogens is 1790 g/mol. The van der Waals surface area contributed by atoms with Gasteiger partial charge in [-0.2, -0.15) is 15.3 Å². The van der Waals surface area contributed by atoms with Gasteiger partial charge in [0.05, 0.1) is 36.3 Å². The second-order valence-corrected chi connectivity index (χ2v) is 33.9. The molecule has 13 nitrogen and oxygen atoms in total. The predicted molar refractivity (Wildman–Crippen MR) is 410 cm³/mol. The first-order valence-corrected chi connectivity index (χ1v) is 39.1. The minimum absolute atomic E-state index is 0.0161. The van der Waals surface area contributed by atoms with Crippen molar-refractivity contribution in [2.24, 2.45) is 35.5 Å². The molecule has 25 heteroatoms. The van der Waals surface area contributed by atoms with Crippen molar-refractivity contribution in [2.45, 2.75) is 126 Å². The van der Waals surface area contributed by atoms with Crippen LogP contribution in [0.15, 0.2) is 170 Å². The van der Waals surface area contributed by atoms with Crippen molar-refractivity contribution >= 4 is 178 Å². The molecule has 6 aromatic carbocycles. The van der Waals surface area contributed by atoms with Crippen LogP contribution in [0.3, 0.4) is 0 Å². The third-order valence-electron chi connectivity index (χ3n) is 18.2. The third-order valence-corrected chi connectivity index (χ3v) is 23.8. The Morgan fingerprint density at radius 2 is 0.969 bits per heavy atom. The van der Waals surface area contributed by atoms with Gasteiger partial charge in [0.15, 0.2) is 5.78 Å². The van der Waals surface area contributed by atoms with Crippen LogP contribution in [0.1, 0.15) is 122 Å². The number of carbonyl (C=O) groups excluding carboxylic acids is 1. The standard InChI is InChI=1S/C18H18ClN3O.C14H15BrClN3.C13H13BrClN3O.C11H10BrClO.C10H8BrClO.C6H3BrClI/c19-17-9-14(4-3-13-1-2-13)5-8-16(17)18(23,15-6-7-15)10-22-12-20-11-21-22;1-14(10-2-3-10,7-19-9-17-8-18-19)12-5-4-11(15)6-13(12)16;14-10-3-4-11(12(15)5-10)13(19,9-1-2-9)6-18-8-16-7-17-18;12-8-3-4-9(10(13)5-8)11(6-14-11)7-1-2-7;11-7-3-4-8(9(12)5-7)10(13)6-1-2-6;7-4-1-2-6(9)5(8)3-4/h5,8-9,11-13,15,23H,1-2,6-7,10H2;4-6,8-10H,2-3,7H2,1H3;3-5,7-9,19H,1-2,6H2;3-5,7H,1-2,6H2;3-6H,1-2H2;1-3H. The Labute approximate surface area is 651 Å². The van der Waals surface area contributed by atoms with Crippen LogP contribution < -0.4 is 0 Å². The number of nitrogens with zero attached hydrogens (tertiary/aromatic N) is 9. The van der Waals surface area contributed by atoms with Crippen LogP contribution in [-0.4, -0.2) is 66.9 Å². The zero-order chi connectivity index (χ0) is 68.8. The SMILES string of the molecule is CC(Cn1cncn1)(c1ccc(Br)cc1Cl)C1CC1.Clc1cc(Br)ccc1C1(C2CC2)CO1.Clc1cc(Br)ccc1I.O=C(c1ccc(Br)cc1Cl)C1CC1.OC(Cn1cncn1)(c1ccc(Br)cc1Cl)C1CC1.OC(Cn1cncn1)(c1ccc(C#CC2CC2)cc1Cl)C1CC1. The number of Topliss-reactive ketones (excluding diaryl/α,β-unsaturated/α-hetero) is 1. The number of ketones is 1. The van der Waals surface area contributed by atoms with Crippen LogP contribution in [0.4, 0.5) is 0 Å². The first kappa shape index (κ1) is 74.9. The molecule has 3 aromatic heterocycles. The maximum Gasteiger partial charge on any atom is 0.167 e. The minimum Gasteiger partial charge on any atom is -0.383 e. The van der Waals surface area contributed by atoms with Gasteiger partial charge >= 0.3 is 0 Å². The molecule has 0 spiro atoms. The zero-order valence-electron chi connectivity index (χ0n) is 52.4. The molecule has 0 amide bonds. The molecule has 4 atom stereocenters. The molecule has 9 aromatic rings. The van der Waals surface area contributed by atoms with Gasteiger partial charge in [0.1, 0.15) is 54.8 Å². The first-order chi connectivity index (χ1) is 46.4. The largest absolute Gasteiger partial charge is 0.383 e. The van der Waals surface area contributed by atoms with Crippen molar-refractivity contribution in [3.05, 3.63) is 237 Å². The summed E-state index contributed by atoms with van der Waals surface area (Å²) in [5.74, 6) is 9.23. The molecule has 0 bridgehead atoms. The summed E-state index contributed by atoms with van der Waals surface area (Å²) in [5.41, 5.74) is 3.48. The molecule has 0 radical (unpaired) electrons. The van der Waals surface area contributed by atoms with Crippen molar-refractivity contribution in [3.8, 4) is 11.8 Å². The molecule has 97 heavy (non-hydrogen) atoms. The number of hydrogen-bond acceptors (Lipinski definition) is 10. The maximum absolute atomic E-state index is 11.6. The van der Waals surface area contributed by atoms with Gasteiger partial charge in [-0.05, 0) is 214 Å². The monoisotopic (exact) mass is 1850 g/mol. The summed E-state index contributed by atoms with van der Waals surface area (Å²) in [4.78, 5) is 23.5. The summed E-state index contributed by atoms with van der Waals surface area (Å²) in [6.07, 6.45) is 23.1. The quantitative estimate of drug-likeness (QED) is 0.0313. The van der Waals surface area contributed by atoms with E-state index in [1.165, 1.54) is 62.3 Å². The second-order valence-electron chi connectivity index (χ2n) is 25.8. The number of aliphatic hydroxyl groups is 2. The number of ether oxygens (including phenoxy) is 1. The summed E-state index contributed by atoms with van der Waals surface area (Å²) in [6, 6.07) is 34.7. The highest BCUT2D eigenvalue weighted by molar-refractivity contribution is 14.1. The molecule has 6 aliphatic carbocycles. The van der Waals surface area contributed by atoms with Gasteiger partial charge in [-0.25, -0.2) is 24.3 Å². The summed E-state index contributed by atoms with van der Waals surface area (Å²) in [5, 5.41) is 38.9. The number of hydrogen-bond donors (Lipinski definition) is 2. The van der Waals surface area contributed by atoms with E-state index < -0.39 is 11.2 Å². The van der Waals surface area contributed by atoms with E-state index >= 15 is 0 Å². The van der Waals surface area contributed by atoms with E-state index in [4.69, 9.17) is 74.3 Å². The summed E-state index contributed by atoms with van der Waals surface area (Å²) in [6.45, 7) is 4.68. The van der Waals surface area contributed by atoms with Crippen molar-refractivity contribution in [1.82, 2.24) is 44.3 Å². The lowest BCUT2D eigenvalue weighted by Gasteiger charge is -2.31. The van der Waals surface area contributed by atoms with Crippen LogP contribution >= 0.6 is 172 Å². The highest BCUT2D eigenvalue weighted by Crippen LogP contribution is 2.58. The molecule has 7 aliphatic rings. The lowest BCUT2D eigenvalue weighted by molar-refractivity contribution is -0.00797. The molecule has 16 rings (SSSR count). The Morgan fingerprint density at radius 3 is 1.37 bits per heavy atom. The van der Waals surface area contributed by atoms with Crippen LogP contribution in [0.2, 0.25) is 30.1 Å². The van der Waals surface area contributed by atoms with Gasteiger partial charge < -0.3 is 14.9 Å². The fraction of sp³-hybridized carbons (Fsp3) is 0.375. The van der Waals surface area contributed by atoms with E-state index in [1.54, 1.807) is 46.8 Å². The van der Waals surface area contributed by atoms with Crippen molar-refractivity contribution < 1.29 is 19.7 Å². The molecule has 6 saturated carbocycles. The number of aromatic nitrogens is 9. The van der Waals surface area contributed by atoms with Crippen molar-refractivity contribution in [2.75, 3.05) is 6.61 Å². The summed E-state index contributed by atoms with van der Waals surface area (Å²) in [7, 11) is 0. The van der Waals surface area contributed by atoms with Crippen LogP contribution in [0.25, 0.3) is 0 Å². The van der Waals surface area contributed by atoms with E-state index in [9.17, 15) is 15.0 Å². The highest BCUT2D eigenvalue weighted by Gasteiger charge is 2.58. The van der Waals surface area contributed by atoms with E-state index in [0.717, 1.165) is 109 Å². The second kappa shape index (κ2) is 33.0.